The molecule has 1 amide bonds. The monoisotopic (exact) mass is 312 g/mol. The van der Waals surface area contributed by atoms with E-state index in [0.29, 0.717) is 18.0 Å². The lowest BCUT2D eigenvalue weighted by atomic mass is 10.0. The normalized spacial score (nSPS) is 19.6. The molecule has 2 rings (SSSR count). The molecule has 0 saturated carbocycles. The first-order chi connectivity index (χ1) is 8.58. The molecule has 4 nitrogen and oxygen atoms in total. The van der Waals surface area contributed by atoms with Crippen LogP contribution in [0.25, 0.3) is 0 Å². The van der Waals surface area contributed by atoms with Crippen LogP contribution >= 0.6 is 15.9 Å². The van der Waals surface area contributed by atoms with Crippen LogP contribution in [-0.2, 0) is 9.53 Å². The predicted octanol–water partition coefficient (Wildman–Crippen LogP) is 2.70. The molecule has 1 aliphatic heterocycles. The Hall–Kier alpha value is -1.07. The van der Waals surface area contributed by atoms with Gasteiger partial charge < -0.3 is 15.8 Å². The van der Waals surface area contributed by atoms with Crippen LogP contribution in [0.15, 0.2) is 16.6 Å². The molecule has 0 aliphatic carbocycles. The number of halogens is 1. The molecule has 1 aromatic carbocycles. The van der Waals surface area contributed by atoms with Crippen LogP contribution in [0.4, 0.5) is 11.4 Å². The molecule has 3 N–H and O–H groups in total. The van der Waals surface area contributed by atoms with E-state index in [0.717, 1.165) is 29.5 Å². The van der Waals surface area contributed by atoms with Crippen LogP contribution in [0.5, 0.6) is 0 Å². The highest BCUT2D eigenvalue weighted by atomic mass is 79.9. The van der Waals surface area contributed by atoms with Crippen molar-refractivity contribution >= 4 is 33.2 Å². The fourth-order valence-corrected chi connectivity index (χ4v) is 2.52. The largest absolute Gasteiger partial charge is 0.398 e. The van der Waals surface area contributed by atoms with Crippen molar-refractivity contribution in [2.75, 3.05) is 24.3 Å². The maximum Gasteiger partial charge on any atom is 0.229 e. The van der Waals surface area contributed by atoms with Crippen LogP contribution in [0.3, 0.4) is 0 Å². The average Bonchev–Trinajstić information content (AvgIpc) is 2.37. The van der Waals surface area contributed by atoms with Crippen LogP contribution in [0.2, 0.25) is 0 Å². The van der Waals surface area contributed by atoms with E-state index in [4.69, 9.17) is 10.5 Å². The van der Waals surface area contributed by atoms with Crippen LogP contribution in [-0.4, -0.2) is 19.1 Å². The zero-order chi connectivity index (χ0) is 13.1. The molecule has 1 fully saturated rings. The molecule has 1 aliphatic rings. The number of rotatable bonds is 2. The maximum absolute atomic E-state index is 12.1. The van der Waals surface area contributed by atoms with Gasteiger partial charge in [0.05, 0.1) is 18.2 Å². The van der Waals surface area contributed by atoms with E-state index in [2.05, 4.69) is 21.2 Å². The molecular formula is C13H17BrN2O2. The summed E-state index contributed by atoms with van der Waals surface area (Å²) in [7, 11) is 0. The number of hydrogen-bond donors (Lipinski definition) is 2. The van der Waals surface area contributed by atoms with Gasteiger partial charge in [-0.3, -0.25) is 4.79 Å². The highest BCUT2D eigenvalue weighted by molar-refractivity contribution is 9.10. The van der Waals surface area contributed by atoms with Gasteiger partial charge in [-0.2, -0.15) is 0 Å². The molecule has 0 spiro atoms. The third-order valence-electron chi connectivity index (χ3n) is 3.14. The molecule has 18 heavy (non-hydrogen) atoms. The van der Waals surface area contributed by atoms with Gasteiger partial charge >= 0.3 is 0 Å². The lowest BCUT2D eigenvalue weighted by Gasteiger charge is -2.21. The number of carbonyl (C=O) groups excluding carboxylic acids is 1. The Labute approximate surface area is 115 Å². The van der Waals surface area contributed by atoms with Crippen LogP contribution in [0.1, 0.15) is 18.4 Å². The minimum absolute atomic E-state index is 0.00125. The summed E-state index contributed by atoms with van der Waals surface area (Å²) in [6.45, 7) is 3.19. The molecular weight excluding hydrogens is 296 g/mol. The summed E-state index contributed by atoms with van der Waals surface area (Å²) >= 11 is 3.43. The number of amides is 1. The van der Waals surface area contributed by atoms with E-state index in [1.807, 2.05) is 13.0 Å². The van der Waals surface area contributed by atoms with Gasteiger partial charge in [0.1, 0.15) is 0 Å². The van der Waals surface area contributed by atoms with Gasteiger partial charge in [0, 0.05) is 16.8 Å². The maximum atomic E-state index is 12.1. The van der Waals surface area contributed by atoms with Gasteiger partial charge in [-0.1, -0.05) is 0 Å². The van der Waals surface area contributed by atoms with E-state index < -0.39 is 0 Å². The first-order valence-electron chi connectivity index (χ1n) is 6.02. The highest BCUT2D eigenvalue weighted by Gasteiger charge is 2.22. The second-order valence-corrected chi connectivity index (χ2v) is 5.45. The van der Waals surface area contributed by atoms with Crippen molar-refractivity contribution < 1.29 is 9.53 Å². The third kappa shape index (κ3) is 3.03. The van der Waals surface area contributed by atoms with Gasteiger partial charge in [-0.05, 0) is 53.4 Å². The summed E-state index contributed by atoms with van der Waals surface area (Å²) in [6.07, 6.45) is 1.82. The number of nitrogens with two attached hydrogens (primary N) is 1. The van der Waals surface area contributed by atoms with Crippen molar-refractivity contribution in [3.63, 3.8) is 0 Å². The number of benzene rings is 1. The third-order valence-corrected chi connectivity index (χ3v) is 3.80. The van der Waals surface area contributed by atoms with Gasteiger partial charge in [-0.25, -0.2) is 0 Å². The SMILES string of the molecule is Cc1cc(Br)c(NC(=O)C2CCCOC2)cc1N. The Kier molecular flexibility index (Phi) is 4.24. The van der Waals surface area contributed by atoms with Crippen molar-refractivity contribution in [2.45, 2.75) is 19.8 Å². The molecule has 1 heterocycles. The number of ether oxygens (including phenoxy) is 1. The number of nitrogen functional groups attached to an aromatic ring is 1. The Morgan fingerprint density at radius 3 is 3.00 bits per heavy atom. The molecule has 1 unspecified atom stereocenters. The second-order valence-electron chi connectivity index (χ2n) is 4.59. The second kappa shape index (κ2) is 5.71. The lowest BCUT2D eigenvalue weighted by molar-refractivity contribution is -0.123. The number of anilines is 2. The summed E-state index contributed by atoms with van der Waals surface area (Å²) in [6, 6.07) is 3.68. The Morgan fingerprint density at radius 2 is 2.33 bits per heavy atom. The standard InChI is InChI=1S/C13H17BrN2O2/c1-8-5-10(14)12(6-11(8)15)16-13(17)9-3-2-4-18-7-9/h5-6,9H,2-4,7,15H2,1H3,(H,16,17). The predicted molar refractivity (Wildman–Crippen MR) is 75.5 cm³/mol. The number of hydrogen-bond acceptors (Lipinski definition) is 3. The first-order valence-corrected chi connectivity index (χ1v) is 6.81. The first kappa shape index (κ1) is 13.4. The molecule has 1 saturated heterocycles. The summed E-state index contributed by atoms with van der Waals surface area (Å²) in [5.74, 6) is -0.0631. The van der Waals surface area contributed by atoms with E-state index >= 15 is 0 Å². The molecule has 5 heteroatoms. The molecule has 1 aromatic rings. The zero-order valence-electron chi connectivity index (χ0n) is 10.3. The van der Waals surface area contributed by atoms with Gasteiger partial charge in [0.25, 0.3) is 0 Å². The highest BCUT2D eigenvalue weighted by Crippen LogP contribution is 2.28. The minimum Gasteiger partial charge on any atom is -0.398 e. The molecule has 98 valence electrons. The topological polar surface area (TPSA) is 64.3 Å². The van der Waals surface area contributed by atoms with Crippen molar-refractivity contribution in [1.29, 1.82) is 0 Å². The molecule has 0 bridgehead atoms. The summed E-state index contributed by atoms with van der Waals surface area (Å²) in [5.41, 5.74) is 8.22. The van der Waals surface area contributed by atoms with Gasteiger partial charge in [0.15, 0.2) is 0 Å². The summed E-state index contributed by atoms with van der Waals surface area (Å²) in [4.78, 5) is 12.1. The molecule has 0 aromatic heterocycles. The fraction of sp³-hybridized carbons (Fsp3) is 0.462. The Bertz CT molecular complexity index is 457. The Balaban J connectivity index is 2.08. The quantitative estimate of drug-likeness (QED) is 0.825. The number of carbonyl (C=O) groups is 1. The van der Waals surface area contributed by atoms with Crippen molar-refractivity contribution in [2.24, 2.45) is 5.92 Å². The fourth-order valence-electron chi connectivity index (χ4n) is 1.97. The average molecular weight is 313 g/mol. The Morgan fingerprint density at radius 1 is 1.56 bits per heavy atom. The number of aryl methyl sites for hydroxylation is 1. The van der Waals surface area contributed by atoms with Crippen LogP contribution in [0, 0.1) is 12.8 Å². The lowest BCUT2D eigenvalue weighted by Crippen LogP contribution is -2.30. The van der Waals surface area contributed by atoms with E-state index in [1.165, 1.54) is 0 Å². The minimum atomic E-state index is -0.0619. The number of nitrogens with one attached hydrogen (secondary N) is 1. The molecule has 0 radical (unpaired) electrons. The smallest absolute Gasteiger partial charge is 0.229 e. The van der Waals surface area contributed by atoms with E-state index in [9.17, 15) is 4.79 Å². The van der Waals surface area contributed by atoms with Crippen molar-refractivity contribution in [1.82, 2.24) is 0 Å². The summed E-state index contributed by atoms with van der Waals surface area (Å²) < 4.78 is 6.16. The van der Waals surface area contributed by atoms with E-state index in [1.54, 1.807) is 6.07 Å². The van der Waals surface area contributed by atoms with Crippen molar-refractivity contribution in [3.05, 3.63) is 22.2 Å². The summed E-state index contributed by atoms with van der Waals surface area (Å²) in [5, 5.41) is 2.90. The zero-order valence-corrected chi connectivity index (χ0v) is 11.9. The van der Waals surface area contributed by atoms with E-state index in [-0.39, 0.29) is 11.8 Å². The van der Waals surface area contributed by atoms with Crippen molar-refractivity contribution in [3.8, 4) is 0 Å². The molecule has 1 atom stereocenters. The van der Waals surface area contributed by atoms with Crippen LogP contribution < -0.4 is 11.1 Å². The van der Waals surface area contributed by atoms with Gasteiger partial charge in [0.2, 0.25) is 5.91 Å². The van der Waals surface area contributed by atoms with Gasteiger partial charge in [-0.15, -0.1) is 0 Å².